The van der Waals surface area contributed by atoms with Gasteiger partial charge < -0.3 is 19.1 Å². The Morgan fingerprint density at radius 3 is 2.48 bits per heavy atom. The van der Waals surface area contributed by atoms with Crippen LogP contribution < -0.4 is 9.84 Å². The quantitative estimate of drug-likeness (QED) is 0.478. The first-order valence-electron chi connectivity index (χ1n) is 7.95. The van der Waals surface area contributed by atoms with E-state index in [1.165, 1.54) is 18.2 Å². The zero-order chi connectivity index (χ0) is 19.4. The van der Waals surface area contributed by atoms with Gasteiger partial charge >= 0.3 is 0 Å². The molecular formula is C21H14ClO5-. The van der Waals surface area contributed by atoms with E-state index in [2.05, 4.69) is 0 Å². The number of carbonyl (C=O) groups is 2. The number of carbonyl (C=O) groups excluding carboxylic acids is 2. The molecule has 3 rings (SSSR count). The fraction of sp³-hybridized carbons (Fsp3) is 0.0476. The molecule has 0 bridgehead atoms. The van der Waals surface area contributed by atoms with Gasteiger partial charge in [0.1, 0.15) is 17.3 Å². The summed E-state index contributed by atoms with van der Waals surface area (Å²) in [6.45, 7) is 0. The zero-order valence-corrected chi connectivity index (χ0v) is 15.0. The first kappa shape index (κ1) is 18.5. The minimum atomic E-state index is -1.36. The van der Waals surface area contributed by atoms with E-state index in [1.807, 2.05) is 0 Å². The van der Waals surface area contributed by atoms with Gasteiger partial charge in [-0.25, -0.2) is 0 Å². The van der Waals surface area contributed by atoms with Gasteiger partial charge in [0, 0.05) is 21.7 Å². The average molecular weight is 382 g/mol. The summed E-state index contributed by atoms with van der Waals surface area (Å²) < 4.78 is 10.7. The molecule has 6 heteroatoms. The summed E-state index contributed by atoms with van der Waals surface area (Å²) in [6.07, 6.45) is 2.95. The molecule has 27 heavy (non-hydrogen) atoms. The maximum Gasteiger partial charge on any atom is 0.185 e. The monoisotopic (exact) mass is 381 g/mol. The molecule has 0 atom stereocenters. The molecule has 1 aromatic heterocycles. The molecule has 136 valence electrons. The Hall–Kier alpha value is -3.31. The lowest BCUT2D eigenvalue weighted by Gasteiger charge is -2.06. The second kappa shape index (κ2) is 7.93. The van der Waals surface area contributed by atoms with Crippen LogP contribution in [0.3, 0.4) is 0 Å². The molecule has 0 radical (unpaired) electrons. The molecule has 0 aliphatic heterocycles. The summed E-state index contributed by atoms with van der Waals surface area (Å²) in [5.74, 6) is 0.0348. The number of carboxylic acid groups (broad SMARTS) is 1. The summed E-state index contributed by atoms with van der Waals surface area (Å²) >= 11 is 5.84. The van der Waals surface area contributed by atoms with E-state index in [0.29, 0.717) is 28.4 Å². The second-order valence-corrected chi connectivity index (χ2v) is 6.02. The van der Waals surface area contributed by atoms with Crippen LogP contribution >= 0.6 is 11.6 Å². The fourth-order valence-corrected chi connectivity index (χ4v) is 2.64. The molecule has 2 aromatic carbocycles. The van der Waals surface area contributed by atoms with Crippen LogP contribution in [0.4, 0.5) is 0 Å². The Balaban J connectivity index is 1.77. The molecule has 0 saturated heterocycles. The Kier molecular flexibility index (Phi) is 5.43. The standard InChI is InChI=1S/C21H15ClO5/c1-26-15-5-2-13(3-6-15)19(23)10-7-16-8-11-20(27-16)14-4-9-18(22)17(12-14)21(24)25/h2-12H,1H3,(H,24,25)/p-1/b10-7+. The number of benzene rings is 2. The molecular weight excluding hydrogens is 368 g/mol. The van der Waals surface area contributed by atoms with Crippen molar-refractivity contribution < 1.29 is 23.8 Å². The van der Waals surface area contributed by atoms with Crippen molar-refractivity contribution in [2.45, 2.75) is 0 Å². The maximum absolute atomic E-state index is 12.2. The van der Waals surface area contributed by atoms with Crippen molar-refractivity contribution in [2.24, 2.45) is 0 Å². The normalized spacial score (nSPS) is 10.9. The minimum absolute atomic E-state index is 0.0931. The van der Waals surface area contributed by atoms with Gasteiger partial charge in [-0.2, -0.15) is 0 Å². The topological polar surface area (TPSA) is 79.6 Å². The van der Waals surface area contributed by atoms with Gasteiger partial charge in [0.2, 0.25) is 0 Å². The number of furan rings is 1. The third-order valence-corrected chi connectivity index (χ3v) is 4.20. The summed E-state index contributed by atoms with van der Waals surface area (Å²) in [6, 6.07) is 14.6. The summed E-state index contributed by atoms with van der Waals surface area (Å²) in [5.41, 5.74) is 0.951. The van der Waals surface area contributed by atoms with Crippen LogP contribution in [0.25, 0.3) is 17.4 Å². The van der Waals surface area contributed by atoms with Crippen molar-refractivity contribution in [3.63, 3.8) is 0 Å². The van der Waals surface area contributed by atoms with Crippen molar-refractivity contribution in [1.82, 2.24) is 0 Å². The van der Waals surface area contributed by atoms with Crippen LogP contribution in [-0.2, 0) is 0 Å². The number of rotatable bonds is 6. The van der Waals surface area contributed by atoms with Crippen LogP contribution in [0.5, 0.6) is 5.75 Å². The molecule has 0 fully saturated rings. The maximum atomic E-state index is 12.2. The van der Waals surface area contributed by atoms with Gasteiger partial charge in [0.15, 0.2) is 5.78 Å². The summed E-state index contributed by atoms with van der Waals surface area (Å²) in [7, 11) is 1.56. The highest BCUT2D eigenvalue weighted by atomic mass is 35.5. The van der Waals surface area contributed by atoms with Crippen molar-refractivity contribution in [1.29, 1.82) is 0 Å². The van der Waals surface area contributed by atoms with Gasteiger partial charge in [-0.15, -0.1) is 0 Å². The SMILES string of the molecule is COc1ccc(C(=O)/C=C/c2ccc(-c3ccc(Cl)c(C(=O)[O-])c3)o2)cc1. The number of hydrogen-bond donors (Lipinski definition) is 0. The number of aromatic carboxylic acids is 1. The first-order valence-corrected chi connectivity index (χ1v) is 8.33. The first-order chi connectivity index (χ1) is 13.0. The zero-order valence-electron chi connectivity index (χ0n) is 14.3. The molecule has 0 unspecified atom stereocenters. The molecule has 5 nitrogen and oxygen atoms in total. The van der Waals surface area contributed by atoms with Crippen LogP contribution in [0, 0.1) is 0 Å². The highest BCUT2D eigenvalue weighted by molar-refractivity contribution is 6.33. The highest BCUT2D eigenvalue weighted by Gasteiger charge is 2.08. The predicted octanol–water partition coefficient (Wildman–Crippen LogP) is 3.87. The van der Waals surface area contributed by atoms with Gasteiger partial charge in [-0.1, -0.05) is 11.6 Å². The van der Waals surface area contributed by atoms with Crippen molar-refractivity contribution >= 4 is 29.4 Å². The Labute approximate surface area is 160 Å². The molecule has 1 heterocycles. The minimum Gasteiger partial charge on any atom is -0.545 e. The molecule has 0 spiro atoms. The lowest BCUT2D eigenvalue weighted by molar-refractivity contribution is -0.255. The Morgan fingerprint density at radius 2 is 1.81 bits per heavy atom. The lowest BCUT2D eigenvalue weighted by atomic mass is 10.1. The Morgan fingerprint density at radius 1 is 1.07 bits per heavy atom. The number of ketones is 1. The number of methoxy groups -OCH3 is 1. The largest absolute Gasteiger partial charge is 0.545 e. The van der Waals surface area contributed by atoms with E-state index in [1.54, 1.807) is 55.7 Å². The van der Waals surface area contributed by atoms with E-state index < -0.39 is 5.97 Å². The van der Waals surface area contributed by atoms with Gasteiger partial charge in [-0.05, 0) is 66.7 Å². The van der Waals surface area contributed by atoms with Gasteiger partial charge in [0.05, 0.1) is 13.1 Å². The average Bonchev–Trinajstić information content (AvgIpc) is 3.15. The van der Waals surface area contributed by atoms with E-state index in [9.17, 15) is 14.7 Å². The number of hydrogen-bond acceptors (Lipinski definition) is 5. The van der Waals surface area contributed by atoms with Gasteiger partial charge in [0.25, 0.3) is 0 Å². The second-order valence-electron chi connectivity index (χ2n) is 5.61. The van der Waals surface area contributed by atoms with E-state index in [0.717, 1.165) is 0 Å². The number of allylic oxidation sites excluding steroid dienone is 1. The molecule has 0 N–H and O–H groups in total. The number of ether oxygens (including phenoxy) is 1. The third kappa shape index (κ3) is 4.27. The van der Waals surface area contributed by atoms with Crippen LogP contribution in [-0.4, -0.2) is 18.9 Å². The molecule has 3 aromatic rings. The lowest BCUT2D eigenvalue weighted by Crippen LogP contribution is -2.22. The predicted molar refractivity (Wildman–Crippen MR) is 99.8 cm³/mol. The molecule has 0 aliphatic rings. The highest BCUT2D eigenvalue weighted by Crippen LogP contribution is 2.27. The van der Waals surface area contributed by atoms with Crippen LogP contribution in [0.2, 0.25) is 5.02 Å². The van der Waals surface area contributed by atoms with Crippen molar-refractivity contribution in [3.05, 3.63) is 82.6 Å². The van der Waals surface area contributed by atoms with E-state index in [4.69, 9.17) is 20.8 Å². The fourth-order valence-electron chi connectivity index (χ4n) is 2.44. The van der Waals surface area contributed by atoms with Crippen LogP contribution in [0.1, 0.15) is 26.5 Å². The van der Waals surface area contributed by atoms with E-state index in [-0.39, 0.29) is 16.4 Å². The molecule has 0 amide bonds. The van der Waals surface area contributed by atoms with E-state index >= 15 is 0 Å². The summed E-state index contributed by atoms with van der Waals surface area (Å²) in [4.78, 5) is 23.3. The van der Waals surface area contributed by atoms with Crippen molar-refractivity contribution in [2.75, 3.05) is 7.11 Å². The Bertz CT molecular complexity index is 1020. The number of halogens is 1. The molecule has 0 saturated carbocycles. The van der Waals surface area contributed by atoms with Crippen LogP contribution in [0.15, 0.2) is 65.1 Å². The third-order valence-electron chi connectivity index (χ3n) is 3.87. The number of carboxylic acids is 1. The molecule has 0 aliphatic carbocycles. The van der Waals surface area contributed by atoms with Gasteiger partial charge in [-0.3, -0.25) is 4.79 Å². The summed E-state index contributed by atoms with van der Waals surface area (Å²) in [5, 5.41) is 11.2. The smallest absolute Gasteiger partial charge is 0.185 e. The van der Waals surface area contributed by atoms with Crippen molar-refractivity contribution in [3.8, 4) is 17.1 Å².